The Morgan fingerprint density at radius 3 is 3.19 bits per heavy atom. The number of nitrogens with one attached hydrogen (secondary N) is 1. The third-order valence-electron chi connectivity index (χ3n) is 3.09. The molecule has 0 saturated heterocycles. The van der Waals surface area contributed by atoms with Gasteiger partial charge in [0.05, 0.1) is 12.7 Å². The van der Waals surface area contributed by atoms with Crippen molar-refractivity contribution >= 4 is 17.7 Å². The molecule has 0 saturated carbocycles. The second kappa shape index (κ2) is 3.30. The van der Waals surface area contributed by atoms with E-state index < -0.39 is 0 Å². The topological polar surface area (TPSA) is 58.1 Å². The Morgan fingerprint density at radius 1 is 1.50 bits per heavy atom. The zero-order valence-corrected chi connectivity index (χ0v) is 9.03. The van der Waals surface area contributed by atoms with Gasteiger partial charge in [0.1, 0.15) is 5.35 Å². The highest BCUT2D eigenvalue weighted by Crippen LogP contribution is 2.14. The summed E-state index contributed by atoms with van der Waals surface area (Å²) in [5.74, 6) is 0.0120. The number of hydrogen-bond donors (Lipinski definition) is 1. The van der Waals surface area contributed by atoms with Crippen molar-refractivity contribution in [2.75, 3.05) is 6.54 Å². The summed E-state index contributed by atoms with van der Waals surface area (Å²) < 4.78 is 0. The van der Waals surface area contributed by atoms with E-state index in [-0.39, 0.29) is 5.91 Å². The molecule has 1 aromatic rings. The molecule has 0 radical (unpaired) electrons. The summed E-state index contributed by atoms with van der Waals surface area (Å²) in [7, 11) is 0. The van der Waals surface area contributed by atoms with Crippen LogP contribution in [0.5, 0.6) is 0 Å². The van der Waals surface area contributed by atoms with Gasteiger partial charge in [0.25, 0.3) is 0 Å². The number of aromatic nitrogens is 2. The first-order valence-electron chi connectivity index (χ1n) is 5.33. The number of rotatable bonds is 0. The molecule has 0 aromatic carbocycles. The van der Waals surface area contributed by atoms with Gasteiger partial charge in [-0.05, 0) is 24.0 Å². The van der Waals surface area contributed by atoms with Gasteiger partial charge in [-0.1, -0.05) is 0 Å². The zero-order valence-electron chi connectivity index (χ0n) is 9.03. The van der Waals surface area contributed by atoms with Gasteiger partial charge in [0, 0.05) is 18.3 Å². The van der Waals surface area contributed by atoms with Gasteiger partial charge in [-0.25, -0.2) is 0 Å². The molecule has 3 rings (SSSR count). The second-order valence-electron chi connectivity index (χ2n) is 4.11. The summed E-state index contributed by atoms with van der Waals surface area (Å²) in [4.78, 5) is 11.4. The van der Waals surface area contributed by atoms with Crippen molar-refractivity contribution in [1.82, 2.24) is 20.6 Å². The van der Waals surface area contributed by atoms with E-state index in [1.165, 1.54) is 16.4 Å². The first kappa shape index (κ1) is 9.33. The lowest BCUT2D eigenvalue weighted by atomic mass is 10.2. The van der Waals surface area contributed by atoms with Gasteiger partial charge in [0.15, 0.2) is 0 Å². The molecule has 0 bridgehead atoms. The smallest absolute Gasteiger partial charge is 0.238 e. The van der Waals surface area contributed by atoms with Crippen LogP contribution in [0, 0.1) is 0 Å². The summed E-state index contributed by atoms with van der Waals surface area (Å²) in [6.07, 6.45) is 5.58. The van der Waals surface area contributed by atoms with Crippen LogP contribution in [0.25, 0.3) is 11.8 Å². The average Bonchev–Trinajstić information content (AvgIpc) is 2.56. The SMILES string of the molecule is CC(=O)N1CC2=c3c(cnnc3=CN1)CC2. The maximum absolute atomic E-state index is 11.4. The molecular formula is C11H12N4O. The number of aryl methyl sites for hydroxylation is 1. The molecule has 0 spiro atoms. The van der Waals surface area contributed by atoms with Gasteiger partial charge >= 0.3 is 0 Å². The quantitative estimate of drug-likeness (QED) is 0.584. The van der Waals surface area contributed by atoms with Crippen molar-refractivity contribution in [3.63, 3.8) is 0 Å². The predicted molar refractivity (Wildman–Crippen MR) is 58.0 cm³/mol. The van der Waals surface area contributed by atoms with Gasteiger partial charge in [-0.3, -0.25) is 9.80 Å². The van der Waals surface area contributed by atoms with Crippen LogP contribution in [0.15, 0.2) is 6.20 Å². The van der Waals surface area contributed by atoms with Crippen molar-refractivity contribution in [3.8, 4) is 0 Å². The highest BCUT2D eigenvalue weighted by Gasteiger charge is 2.19. The summed E-state index contributed by atoms with van der Waals surface area (Å²) in [6.45, 7) is 2.19. The molecule has 0 fully saturated rings. The van der Waals surface area contributed by atoms with Crippen LogP contribution in [0.4, 0.5) is 0 Å². The number of nitrogens with zero attached hydrogens (tertiary/aromatic N) is 3. The average molecular weight is 216 g/mol. The van der Waals surface area contributed by atoms with E-state index >= 15 is 0 Å². The maximum Gasteiger partial charge on any atom is 0.238 e. The molecule has 16 heavy (non-hydrogen) atoms. The lowest BCUT2D eigenvalue weighted by molar-refractivity contribution is -0.130. The summed E-state index contributed by atoms with van der Waals surface area (Å²) in [5.41, 5.74) is 5.48. The van der Waals surface area contributed by atoms with Crippen LogP contribution in [-0.4, -0.2) is 27.7 Å². The van der Waals surface area contributed by atoms with E-state index in [0.717, 1.165) is 18.2 Å². The Hall–Kier alpha value is -1.91. The minimum Gasteiger partial charge on any atom is -0.301 e. The van der Waals surface area contributed by atoms with Gasteiger partial charge in [-0.15, -0.1) is 5.10 Å². The number of hydrogen-bond acceptors (Lipinski definition) is 4. The molecule has 1 amide bonds. The molecule has 1 N–H and O–H groups in total. The Kier molecular flexibility index (Phi) is 1.92. The molecule has 0 atom stereocenters. The van der Waals surface area contributed by atoms with Crippen molar-refractivity contribution in [2.45, 2.75) is 19.8 Å². The molecule has 0 unspecified atom stereocenters. The first-order valence-corrected chi connectivity index (χ1v) is 5.33. The van der Waals surface area contributed by atoms with Crippen LogP contribution < -0.4 is 16.0 Å². The van der Waals surface area contributed by atoms with E-state index in [1.54, 1.807) is 18.1 Å². The van der Waals surface area contributed by atoms with Gasteiger partial charge in [0.2, 0.25) is 5.91 Å². The largest absolute Gasteiger partial charge is 0.301 e. The molecule has 2 aliphatic rings. The highest BCUT2D eigenvalue weighted by atomic mass is 16.2. The van der Waals surface area contributed by atoms with Gasteiger partial charge in [-0.2, -0.15) is 5.10 Å². The lowest BCUT2D eigenvalue weighted by Gasteiger charge is -2.19. The third-order valence-corrected chi connectivity index (χ3v) is 3.09. The van der Waals surface area contributed by atoms with E-state index in [0.29, 0.717) is 6.54 Å². The summed E-state index contributed by atoms with van der Waals surface area (Å²) in [6, 6.07) is 0. The fraction of sp³-hybridized carbons (Fsp3) is 0.364. The van der Waals surface area contributed by atoms with Crippen LogP contribution in [-0.2, 0) is 11.2 Å². The molecule has 1 aliphatic heterocycles. The maximum atomic E-state index is 11.4. The van der Waals surface area contributed by atoms with Gasteiger partial charge < -0.3 is 5.43 Å². The van der Waals surface area contributed by atoms with Crippen molar-refractivity contribution in [3.05, 3.63) is 22.3 Å². The molecule has 5 nitrogen and oxygen atoms in total. The molecular weight excluding hydrogens is 204 g/mol. The third kappa shape index (κ3) is 1.28. The molecule has 2 heterocycles. The normalized spacial score (nSPS) is 17.3. The number of carbonyl (C=O) groups is 1. The summed E-state index contributed by atoms with van der Waals surface area (Å²) >= 11 is 0. The number of hydrazine groups is 1. The predicted octanol–water partition coefficient (Wildman–Crippen LogP) is -1.32. The standard InChI is InChI=1S/C11H12N4O/c1-7(16)15-6-9-3-2-8-4-12-14-10(5-13-15)11(8)9/h4-5,13H,2-3,6H2,1H3. The minimum absolute atomic E-state index is 0.0120. The fourth-order valence-electron chi connectivity index (χ4n) is 2.29. The number of carbonyl (C=O) groups excluding carboxylic acids is 1. The Balaban J connectivity index is 2.22. The Bertz CT molecular complexity index is 578. The molecule has 1 aliphatic carbocycles. The zero-order chi connectivity index (χ0) is 11.1. The van der Waals surface area contributed by atoms with Crippen LogP contribution in [0.2, 0.25) is 0 Å². The van der Waals surface area contributed by atoms with Crippen LogP contribution in [0.3, 0.4) is 0 Å². The minimum atomic E-state index is 0.0120. The monoisotopic (exact) mass is 216 g/mol. The van der Waals surface area contributed by atoms with E-state index in [9.17, 15) is 4.79 Å². The number of amides is 1. The highest BCUT2D eigenvalue weighted by molar-refractivity contribution is 5.75. The lowest BCUT2D eigenvalue weighted by Crippen LogP contribution is -2.39. The Labute approximate surface area is 92.4 Å². The van der Waals surface area contributed by atoms with E-state index in [2.05, 4.69) is 15.6 Å². The van der Waals surface area contributed by atoms with Crippen LogP contribution in [0.1, 0.15) is 18.9 Å². The van der Waals surface area contributed by atoms with E-state index in [4.69, 9.17) is 0 Å². The molecule has 1 aromatic heterocycles. The van der Waals surface area contributed by atoms with E-state index in [1.807, 2.05) is 6.20 Å². The first-order chi connectivity index (χ1) is 7.75. The van der Waals surface area contributed by atoms with Crippen molar-refractivity contribution < 1.29 is 4.79 Å². The fourth-order valence-corrected chi connectivity index (χ4v) is 2.29. The van der Waals surface area contributed by atoms with Crippen LogP contribution >= 0.6 is 0 Å². The molecule has 82 valence electrons. The summed E-state index contributed by atoms with van der Waals surface area (Å²) in [5, 5.41) is 11.7. The molecule has 5 heteroatoms. The van der Waals surface area contributed by atoms with Crippen molar-refractivity contribution in [1.29, 1.82) is 0 Å². The van der Waals surface area contributed by atoms with Crippen molar-refractivity contribution in [2.24, 2.45) is 0 Å². The second-order valence-corrected chi connectivity index (χ2v) is 4.11. The Morgan fingerprint density at radius 2 is 2.38 bits per heavy atom.